The Morgan fingerprint density at radius 3 is 2.43 bits per heavy atom. The number of carbonyl (C=O) groups excluding carboxylic acids is 1. The van der Waals surface area contributed by atoms with Crippen LogP contribution in [-0.4, -0.2) is 29.4 Å². The molecule has 0 aliphatic carbocycles. The summed E-state index contributed by atoms with van der Waals surface area (Å²) in [4.78, 5) is 16.9. The highest BCUT2D eigenvalue weighted by molar-refractivity contribution is 7.08. The first-order chi connectivity index (χ1) is 11.2. The minimum absolute atomic E-state index is 0.189. The standard InChI is InChI=1S/C17H14N2O3S/c1-21-13-9-8-12(10-14(13)22-2)15(20)17-18-16(19-23-17)11-6-4-3-5-7-11/h3-10H,1-2H3. The van der Waals surface area contributed by atoms with Gasteiger partial charge in [0.05, 0.1) is 14.2 Å². The summed E-state index contributed by atoms with van der Waals surface area (Å²) in [7, 11) is 3.08. The number of ketones is 1. The van der Waals surface area contributed by atoms with Crippen molar-refractivity contribution >= 4 is 17.3 Å². The van der Waals surface area contributed by atoms with Crippen LogP contribution in [0, 0.1) is 0 Å². The quantitative estimate of drug-likeness (QED) is 0.672. The molecule has 0 saturated heterocycles. The van der Waals surface area contributed by atoms with Crippen LogP contribution in [0.2, 0.25) is 0 Å². The fourth-order valence-corrected chi connectivity index (χ4v) is 2.77. The Balaban J connectivity index is 1.91. The van der Waals surface area contributed by atoms with Crippen molar-refractivity contribution in [1.82, 2.24) is 9.36 Å². The summed E-state index contributed by atoms with van der Waals surface area (Å²) in [6.07, 6.45) is 0. The van der Waals surface area contributed by atoms with Gasteiger partial charge in [0, 0.05) is 11.1 Å². The van der Waals surface area contributed by atoms with Gasteiger partial charge in [0.15, 0.2) is 22.3 Å². The first kappa shape index (κ1) is 15.2. The van der Waals surface area contributed by atoms with E-state index in [4.69, 9.17) is 9.47 Å². The molecule has 116 valence electrons. The SMILES string of the molecule is COc1ccc(C(=O)c2nc(-c3ccccc3)ns2)cc1OC. The zero-order valence-corrected chi connectivity index (χ0v) is 13.5. The molecule has 6 heteroatoms. The number of rotatable bonds is 5. The van der Waals surface area contributed by atoms with Crippen LogP contribution in [-0.2, 0) is 0 Å². The van der Waals surface area contributed by atoms with Crippen LogP contribution < -0.4 is 9.47 Å². The van der Waals surface area contributed by atoms with E-state index in [1.165, 1.54) is 7.11 Å². The smallest absolute Gasteiger partial charge is 0.223 e. The van der Waals surface area contributed by atoms with Gasteiger partial charge in [0.25, 0.3) is 0 Å². The van der Waals surface area contributed by atoms with E-state index in [2.05, 4.69) is 9.36 Å². The van der Waals surface area contributed by atoms with E-state index < -0.39 is 0 Å². The zero-order valence-electron chi connectivity index (χ0n) is 12.6. The summed E-state index contributed by atoms with van der Waals surface area (Å²) >= 11 is 1.09. The lowest BCUT2D eigenvalue weighted by atomic mass is 10.1. The molecule has 5 nitrogen and oxygen atoms in total. The van der Waals surface area contributed by atoms with Crippen LogP contribution in [0.3, 0.4) is 0 Å². The molecule has 0 fully saturated rings. The molecular formula is C17H14N2O3S. The van der Waals surface area contributed by atoms with Gasteiger partial charge in [0.1, 0.15) is 0 Å². The molecule has 1 aromatic heterocycles. The number of hydrogen-bond donors (Lipinski definition) is 0. The molecule has 0 amide bonds. The van der Waals surface area contributed by atoms with Crippen molar-refractivity contribution in [2.75, 3.05) is 14.2 Å². The Kier molecular flexibility index (Phi) is 4.34. The van der Waals surface area contributed by atoms with Gasteiger partial charge in [-0.1, -0.05) is 30.3 Å². The van der Waals surface area contributed by atoms with Gasteiger partial charge in [-0.05, 0) is 29.7 Å². The number of ether oxygens (including phenoxy) is 2. The van der Waals surface area contributed by atoms with E-state index in [9.17, 15) is 4.79 Å². The number of benzene rings is 2. The van der Waals surface area contributed by atoms with Crippen LogP contribution >= 0.6 is 11.5 Å². The average Bonchev–Trinajstić information content (AvgIpc) is 3.11. The number of hydrogen-bond acceptors (Lipinski definition) is 6. The Morgan fingerprint density at radius 1 is 1.00 bits per heavy atom. The van der Waals surface area contributed by atoms with Crippen LogP contribution in [0.4, 0.5) is 0 Å². The van der Waals surface area contributed by atoms with Crippen molar-refractivity contribution in [1.29, 1.82) is 0 Å². The van der Waals surface area contributed by atoms with E-state index >= 15 is 0 Å². The highest BCUT2D eigenvalue weighted by atomic mass is 32.1. The van der Waals surface area contributed by atoms with Crippen molar-refractivity contribution in [3.05, 3.63) is 59.1 Å². The Labute approximate surface area is 137 Å². The maximum absolute atomic E-state index is 12.6. The first-order valence-corrected chi connectivity index (χ1v) is 7.66. The first-order valence-electron chi connectivity index (χ1n) is 6.89. The number of carbonyl (C=O) groups is 1. The normalized spacial score (nSPS) is 10.3. The van der Waals surface area contributed by atoms with Gasteiger partial charge in [-0.15, -0.1) is 0 Å². The molecule has 0 aliphatic heterocycles. The van der Waals surface area contributed by atoms with E-state index in [1.807, 2.05) is 30.3 Å². The molecule has 3 aromatic rings. The van der Waals surface area contributed by atoms with Gasteiger partial charge < -0.3 is 9.47 Å². The molecule has 1 heterocycles. The Morgan fingerprint density at radius 2 is 1.74 bits per heavy atom. The number of aromatic nitrogens is 2. The van der Waals surface area contributed by atoms with Crippen molar-refractivity contribution < 1.29 is 14.3 Å². The third kappa shape index (κ3) is 3.07. The third-order valence-corrected chi connectivity index (χ3v) is 4.01. The molecule has 3 rings (SSSR count). The molecule has 0 saturated carbocycles. The second-order valence-electron chi connectivity index (χ2n) is 4.69. The molecule has 0 unspecified atom stereocenters. The zero-order chi connectivity index (χ0) is 16.2. The van der Waals surface area contributed by atoms with Crippen LogP contribution in [0.5, 0.6) is 11.5 Å². The predicted octanol–water partition coefficient (Wildman–Crippen LogP) is 3.45. The summed E-state index contributed by atoms with van der Waals surface area (Å²) in [5.41, 5.74) is 1.37. The molecule has 0 atom stereocenters. The minimum atomic E-state index is -0.189. The highest BCUT2D eigenvalue weighted by Crippen LogP contribution is 2.29. The fraction of sp³-hybridized carbons (Fsp3) is 0.118. The molecular weight excluding hydrogens is 312 g/mol. The van der Waals surface area contributed by atoms with Gasteiger partial charge in [0.2, 0.25) is 5.78 Å². The van der Waals surface area contributed by atoms with Crippen molar-refractivity contribution in [3.8, 4) is 22.9 Å². The Bertz CT molecular complexity index is 831. The fourth-order valence-electron chi connectivity index (χ4n) is 2.12. The summed E-state index contributed by atoms with van der Waals surface area (Å²) in [6, 6.07) is 14.6. The second-order valence-corrected chi connectivity index (χ2v) is 5.44. The van der Waals surface area contributed by atoms with Crippen molar-refractivity contribution in [3.63, 3.8) is 0 Å². The van der Waals surface area contributed by atoms with Crippen molar-refractivity contribution in [2.45, 2.75) is 0 Å². The minimum Gasteiger partial charge on any atom is -0.493 e. The molecule has 0 N–H and O–H groups in total. The van der Waals surface area contributed by atoms with Gasteiger partial charge in [-0.25, -0.2) is 4.98 Å². The monoisotopic (exact) mass is 326 g/mol. The summed E-state index contributed by atoms with van der Waals surface area (Å²) < 4.78 is 14.7. The Hall–Kier alpha value is -2.73. The molecule has 2 aromatic carbocycles. The molecule has 0 spiro atoms. The maximum Gasteiger partial charge on any atom is 0.223 e. The van der Waals surface area contributed by atoms with Gasteiger partial charge in [-0.3, -0.25) is 4.79 Å². The average molecular weight is 326 g/mol. The van der Waals surface area contributed by atoms with Gasteiger partial charge >= 0.3 is 0 Å². The molecule has 23 heavy (non-hydrogen) atoms. The highest BCUT2D eigenvalue weighted by Gasteiger charge is 2.17. The number of methoxy groups -OCH3 is 2. The second kappa shape index (κ2) is 6.58. The molecule has 0 radical (unpaired) electrons. The molecule has 0 aliphatic rings. The van der Waals surface area contributed by atoms with Crippen LogP contribution in [0.1, 0.15) is 15.4 Å². The lowest BCUT2D eigenvalue weighted by Gasteiger charge is -2.08. The lowest BCUT2D eigenvalue weighted by Crippen LogP contribution is -2.02. The van der Waals surface area contributed by atoms with E-state index in [0.717, 1.165) is 17.1 Å². The largest absolute Gasteiger partial charge is 0.493 e. The summed E-state index contributed by atoms with van der Waals surface area (Å²) in [5.74, 6) is 1.45. The third-order valence-electron chi connectivity index (χ3n) is 3.30. The summed E-state index contributed by atoms with van der Waals surface area (Å²) in [6.45, 7) is 0. The maximum atomic E-state index is 12.6. The van der Waals surface area contributed by atoms with Gasteiger partial charge in [-0.2, -0.15) is 4.37 Å². The topological polar surface area (TPSA) is 61.3 Å². The van der Waals surface area contributed by atoms with E-state index in [1.54, 1.807) is 25.3 Å². The van der Waals surface area contributed by atoms with Crippen molar-refractivity contribution in [2.24, 2.45) is 0 Å². The predicted molar refractivity (Wildman–Crippen MR) is 88.3 cm³/mol. The summed E-state index contributed by atoms with van der Waals surface area (Å²) in [5, 5.41) is 0.344. The van der Waals surface area contributed by atoms with Crippen LogP contribution in [0.25, 0.3) is 11.4 Å². The number of nitrogens with zero attached hydrogens (tertiary/aromatic N) is 2. The van der Waals surface area contributed by atoms with E-state index in [-0.39, 0.29) is 5.78 Å². The van der Waals surface area contributed by atoms with Crippen LogP contribution in [0.15, 0.2) is 48.5 Å². The lowest BCUT2D eigenvalue weighted by molar-refractivity contribution is 0.103. The van der Waals surface area contributed by atoms with E-state index in [0.29, 0.717) is 27.9 Å². The molecule has 0 bridgehead atoms.